The summed E-state index contributed by atoms with van der Waals surface area (Å²) >= 11 is 3.35. The zero-order valence-corrected chi connectivity index (χ0v) is 18.6. The molecular weight excluding hydrogens is 414 g/mol. The zero-order chi connectivity index (χ0) is 20.9. The van der Waals surface area contributed by atoms with Crippen LogP contribution in [0.2, 0.25) is 0 Å². The lowest BCUT2D eigenvalue weighted by atomic mass is 10.0. The number of carbonyl (C=O) groups is 2. The van der Waals surface area contributed by atoms with E-state index in [1.54, 1.807) is 33.2 Å². The lowest BCUT2D eigenvalue weighted by molar-refractivity contribution is -0.120. The van der Waals surface area contributed by atoms with Crippen molar-refractivity contribution < 1.29 is 19.1 Å². The van der Waals surface area contributed by atoms with Crippen LogP contribution in [0.3, 0.4) is 0 Å². The number of amides is 2. The number of nitrogen functional groups attached to an aromatic ring is 1. The maximum absolute atomic E-state index is 12.6. The fraction of sp³-hybridized carbons (Fsp3) is 0.579. The van der Waals surface area contributed by atoms with E-state index in [9.17, 15) is 9.59 Å². The third-order valence-electron chi connectivity index (χ3n) is 4.07. The van der Waals surface area contributed by atoms with E-state index in [0.29, 0.717) is 28.0 Å². The molecule has 0 aliphatic rings. The first-order chi connectivity index (χ1) is 12.4. The van der Waals surface area contributed by atoms with Crippen LogP contribution in [0.1, 0.15) is 41.0 Å². The number of nitrogens with two attached hydrogens (primary N) is 1. The van der Waals surface area contributed by atoms with Crippen LogP contribution in [0.4, 0.5) is 16.2 Å². The molecule has 1 aromatic rings. The molecule has 0 saturated carbocycles. The van der Waals surface area contributed by atoms with E-state index in [2.05, 4.69) is 21.2 Å². The molecule has 2 atom stereocenters. The maximum atomic E-state index is 12.6. The van der Waals surface area contributed by atoms with E-state index >= 15 is 0 Å². The largest absolute Gasteiger partial charge is 0.495 e. The SMILES string of the molecule is COc1cc(NC(=O)C(C)CC(C)N(C)C(=O)OC(C)(C)C)c(N)cc1Br. The molecular formula is C19H30BrN3O4. The van der Waals surface area contributed by atoms with Gasteiger partial charge in [-0.05, 0) is 56.1 Å². The highest BCUT2D eigenvalue weighted by Gasteiger charge is 2.26. The van der Waals surface area contributed by atoms with Crippen molar-refractivity contribution in [3.05, 3.63) is 16.6 Å². The Morgan fingerprint density at radius 1 is 1.30 bits per heavy atom. The molecule has 0 fully saturated rings. The van der Waals surface area contributed by atoms with Crippen LogP contribution in [0.5, 0.6) is 5.75 Å². The Morgan fingerprint density at radius 2 is 1.89 bits per heavy atom. The normalized spacial score (nSPS) is 13.5. The predicted molar refractivity (Wildman–Crippen MR) is 111 cm³/mol. The van der Waals surface area contributed by atoms with Gasteiger partial charge < -0.3 is 25.4 Å². The van der Waals surface area contributed by atoms with Gasteiger partial charge in [0.05, 0.1) is 23.0 Å². The average Bonchev–Trinajstić information content (AvgIpc) is 2.54. The molecule has 0 aliphatic heterocycles. The summed E-state index contributed by atoms with van der Waals surface area (Å²) in [7, 11) is 3.21. The molecule has 0 aromatic heterocycles. The summed E-state index contributed by atoms with van der Waals surface area (Å²) in [4.78, 5) is 26.2. The van der Waals surface area contributed by atoms with E-state index in [-0.39, 0.29) is 17.9 Å². The molecule has 0 spiro atoms. The van der Waals surface area contributed by atoms with Crippen molar-refractivity contribution in [3.8, 4) is 5.75 Å². The Hall–Kier alpha value is -1.96. The highest BCUT2D eigenvalue weighted by Crippen LogP contribution is 2.33. The number of nitrogens with one attached hydrogen (secondary N) is 1. The van der Waals surface area contributed by atoms with E-state index < -0.39 is 11.7 Å². The fourth-order valence-electron chi connectivity index (χ4n) is 2.38. The van der Waals surface area contributed by atoms with Crippen molar-refractivity contribution in [2.24, 2.45) is 5.92 Å². The number of ether oxygens (including phenoxy) is 2. The van der Waals surface area contributed by atoms with Gasteiger partial charge in [-0.1, -0.05) is 6.92 Å². The van der Waals surface area contributed by atoms with Crippen LogP contribution in [-0.4, -0.2) is 42.7 Å². The molecule has 1 rings (SSSR count). The van der Waals surface area contributed by atoms with Gasteiger partial charge in [-0.25, -0.2) is 4.79 Å². The molecule has 7 nitrogen and oxygen atoms in total. The highest BCUT2D eigenvalue weighted by atomic mass is 79.9. The Kier molecular flexibility index (Phi) is 7.95. The number of halogens is 1. The number of carbonyl (C=O) groups excluding carboxylic acids is 2. The summed E-state index contributed by atoms with van der Waals surface area (Å²) in [5, 5.41) is 2.82. The van der Waals surface area contributed by atoms with Gasteiger partial charge in [0.15, 0.2) is 0 Å². The average molecular weight is 444 g/mol. The zero-order valence-electron chi connectivity index (χ0n) is 17.1. The van der Waals surface area contributed by atoms with Crippen LogP contribution < -0.4 is 15.8 Å². The number of methoxy groups -OCH3 is 1. The lowest BCUT2D eigenvalue weighted by Crippen LogP contribution is -2.41. The highest BCUT2D eigenvalue weighted by molar-refractivity contribution is 9.10. The van der Waals surface area contributed by atoms with Crippen molar-refractivity contribution in [1.29, 1.82) is 0 Å². The van der Waals surface area contributed by atoms with Gasteiger partial charge in [-0.2, -0.15) is 0 Å². The summed E-state index contributed by atoms with van der Waals surface area (Å²) in [6.07, 6.45) is 0.0688. The molecule has 0 bridgehead atoms. The number of benzene rings is 1. The second-order valence-corrected chi connectivity index (χ2v) is 8.49. The van der Waals surface area contributed by atoms with Gasteiger partial charge in [0.1, 0.15) is 11.4 Å². The summed E-state index contributed by atoms with van der Waals surface area (Å²) in [5.41, 5.74) is 6.33. The van der Waals surface area contributed by atoms with Gasteiger partial charge in [0.25, 0.3) is 0 Å². The molecule has 1 aromatic carbocycles. The minimum absolute atomic E-state index is 0.169. The third kappa shape index (κ3) is 6.93. The minimum Gasteiger partial charge on any atom is -0.495 e. The standard InChI is InChI=1S/C19H30BrN3O4/c1-11(8-12(2)23(6)18(25)27-19(3,4)5)17(24)22-15-10-16(26-7)13(20)9-14(15)21/h9-12H,8,21H2,1-7H3,(H,22,24). The molecule has 3 N–H and O–H groups in total. The summed E-state index contributed by atoms with van der Waals surface area (Å²) < 4.78 is 11.3. The maximum Gasteiger partial charge on any atom is 0.410 e. The van der Waals surface area contributed by atoms with Crippen LogP contribution in [0, 0.1) is 5.92 Å². The summed E-state index contributed by atoms with van der Waals surface area (Å²) in [6, 6.07) is 3.18. The number of hydrogen-bond donors (Lipinski definition) is 2. The molecule has 0 saturated heterocycles. The van der Waals surface area contributed by atoms with Crippen LogP contribution in [-0.2, 0) is 9.53 Å². The first-order valence-corrected chi connectivity index (χ1v) is 9.54. The Balaban J connectivity index is 2.73. The van der Waals surface area contributed by atoms with Crippen molar-refractivity contribution in [1.82, 2.24) is 4.90 Å². The number of hydrogen-bond acceptors (Lipinski definition) is 5. The number of anilines is 2. The third-order valence-corrected chi connectivity index (χ3v) is 4.69. The number of rotatable bonds is 6. The van der Waals surface area contributed by atoms with Gasteiger partial charge in [-0.15, -0.1) is 0 Å². The second kappa shape index (κ2) is 9.30. The summed E-state index contributed by atoms with van der Waals surface area (Å²) in [6.45, 7) is 9.13. The van der Waals surface area contributed by atoms with Crippen LogP contribution in [0.25, 0.3) is 0 Å². The molecule has 2 unspecified atom stereocenters. The molecule has 2 amide bonds. The van der Waals surface area contributed by atoms with E-state index in [1.807, 2.05) is 27.7 Å². The second-order valence-electron chi connectivity index (χ2n) is 7.64. The minimum atomic E-state index is -0.563. The first kappa shape index (κ1) is 23.1. The van der Waals surface area contributed by atoms with Gasteiger partial charge in [0, 0.05) is 25.1 Å². The molecule has 0 radical (unpaired) electrons. The van der Waals surface area contributed by atoms with Crippen molar-refractivity contribution >= 4 is 39.3 Å². The lowest BCUT2D eigenvalue weighted by Gasteiger charge is -2.29. The van der Waals surface area contributed by atoms with Crippen molar-refractivity contribution in [2.75, 3.05) is 25.2 Å². The summed E-state index contributed by atoms with van der Waals surface area (Å²) in [5.74, 6) is 0.0552. The molecule has 0 aliphatic carbocycles. The fourth-order valence-corrected chi connectivity index (χ4v) is 2.90. The first-order valence-electron chi connectivity index (χ1n) is 8.75. The number of nitrogens with zero attached hydrogens (tertiary/aromatic N) is 1. The van der Waals surface area contributed by atoms with Gasteiger partial charge >= 0.3 is 6.09 Å². The topological polar surface area (TPSA) is 93.9 Å². The molecule has 152 valence electrons. The molecule has 27 heavy (non-hydrogen) atoms. The van der Waals surface area contributed by atoms with Gasteiger partial charge in [0.2, 0.25) is 5.91 Å². The quantitative estimate of drug-likeness (QED) is 0.640. The van der Waals surface area contributed by atoms with E-state index in [1.165, 1.54) is 4.90 Å². The Morgan fingerprint density at radius 3 is 2.41 bits per heavy atom. The van der Waals surface area contributed by atoms with Crippen LogP contribution >= 0.6 is 15.9 Å². The molecule has 8 heteroatoms. The van der Waals surface area contributed by atoms with E-state index in [0.717, 1.165) is 0 Å². The smallest absolute Gasteiger partial charge is 0.410 e. The van der Waals surface area contributed by atoms with Crippen molar-refractivity contribution in [3.63, 3.8) is 0 Å². The monoisotopic (exact) mass is 443 g/mol. The van der Waals surface area contributed by atoms with Gasteiger partial charge in [-0.3, -0.25) is 4.79 Å². The van der Waals surface area contributed by atoms with Crippen LogP contribution in [0.15, 0.2) is 16.6 Å². The molecule has 0 heterocycles. The van der Waals surface area contributed by atoms with Crippen molar-refractivity contribution in [2.45, 2.75) is 52.7 Å². The van der Waals surface area contributed by atoms with E-state index in [4.69, 9.17) is 15.2 Å². The Labute approximate surface area is 169 Å². The predicted octanol–water partition coefficient (Wildman–Crippen LogP) is 4.26. The Bertz CT molecular complexity index is 688.